The fraction of sp³-hybridized carbons (Fsp3) is 0.900. The Balaban J connectivity index is 3.26. The average molecular weight is 187 g/mol. The van der Waals surface area contributed by atoms with E-state index >= 15 is 0 Å². The van der Waals surface area contributed by atoms with Crippen molar-refractivity contribution in [2.24, 2.45) is 0 Å². The van der Waals surface area contributed by atoms with Crippen molar-refractivity contribution in [3.63, 3.8) is 0 Å². The molecule has 0 saturated carbocycles. The van der Waals surface area contributed by atoms with Crippen molar-refractivity contribution in [1.82, 2.24) is 5.32 Å². The molecule has 0 aromatic rings. The van der Waals surface area contributed by atoms with E-state index in [4.69, 9.17) is 4.74 Å². The molecule has 0 heterocycles. The highest BCUT2D eigenvalue weighted by molar-refractivity contribution is 5.69. The van der Waals surface area contributed by atoms with Gasteiger partial charge in [-0.1, -0.05) is 13.8 Å². The third-order valence-corrected chi connectivity index (χ3v) is 1.90. The zero-order valence-corrected chi connectivity index (χ0v) is 8.93. The summed E-state index contributed by atoms with van der Waals surface area (Å²) >= 11 is 0. The van der Waals surface area contributed by atoms with E-state index in [2.05, 4.69) is 19.2 Å². The lowest BCUT2D eigenvalue weighted by atomic mass is 10.2. The first-order valence-electron chi connectivity index (χ1n) is 5.09. The SMILES string of the molecule is CCCOC(=O)CCN[C@H](C)CC. The van der Waals surface area contributed by atoms with Gasteiger partial charge in [-0.05, 0) is 19.8 Å². The van der Waals surface area contributed by atoms with Gasteiger partial charge in [0, 0.05) is 12.6 Å². The average Bonchev–Trinajstić information content (AvgIpc) is 2.14. The number of nitrogens with one attached hydrogen (secondary N) is 1. The van der Waals surface area contributed by atoms with Crippen LogP contribution in [0.15, 0.2) is 0 Å². The summed E-state index contributed by atoms with van der Waals surface area (Å²) in [6.07, 6.45) is 2.46. The maximum absolute atomic E-state index is 11.0. The monoisotopic (exact) mass is 187 g/mol. The quantitative estimate of drug-likeness (QED) is 0.617. The molecule has 0 unspecified atom stereocenters. The van der Waals surface area contributed by atoms with Gasteiger partial charge in [0.1, 0.15) is 0 Å². The molecule has 0 aliphatic rings. The molecule has 0 aromatic heterocycles. The van der Waals surface area contributed by atoms with E-state index in [-0.39, 0.29) is 5.97 Å². The van der Waals surface area contributed by atoms with Crippen LogP contribution in [0.25, 0.3) is 0 Å². The van der Waals surface area contributed by atoms with Gasteiger partial charge in [-0.3, -0.25) is 4.79 Å². The number of hydrogen-bond acceptors (Lipinski definition) is 3. The zero-order chi connectivity index (χ0) is 10.1. The van der Waals surface area contributed by atoms with Crippen molar-refractivity contribution in [3.05, 3.63) is 0 Å². The van der Waals surface area contributed by atoms with E-state index < -0.39 is 0 Å². The van der Waals surface area contributed by atoms with Crippen molar-refractivity contribution in [2.75, 3.05) is 13.2 Å². The second-order valence-corrected chi connectivity index (χ2v) is 3.23. The maximum atomic E-state index is 11.0. The molecule has 0 aliphatic carbocycles. The lowest BCUT2D eigenvalue weighted by Crippen LogP contribution is -2.28. The highest BCUT2D eigenvalue weighted by Crippen LogP contribution is 1.90. The van der Waals surface area contributed by atoms with Crippen LogP contribution in [-0.2, 0) is 9.53 Å². The number of rotatable bonds is 7. The van der Waals surface area contributed by atoms with Crippen molar-refractivity contribution < 1.29 is 9.53 Å². The smallest absolute Gasteiger partial charge is 0.307 e. The largest absolute Gasteiger partial charge is 0.466 e. The van der Waals surface area contributed by atoms with Crippen LogP contribution in [0.2, 0.25) is 0 Å². The Labute approximate surface area is 80.8 Å². The molecule has 78 valence electrons. The molecular weight excluding hydrogens is 166 g/mol. The summed E-state index contributed by atoms with van der Waals surface area (Å²) in [6.45, 7) is 7.48. The normalized spacial score (nSPS) is 12.5. The first-order valence-corrected chi connectivity index (χ1v) is 5.09. The molecule has 13 heavy (non-hydrogen) atoms. The van der Waals surface area contributed by atoms with Gasteiger partial charge in [0.15, 0.2) is 0 Å². The summed E-state index contributed by atoms with van der Waals surface area (Å²) in [5, 5.41) is 3.24. The lowest BCUT2D eigenvalue weighted by molar-refractivity contribution is -0.143. The molecule has 0 aliphatic heterocycles. The van der Waals surface area contributed by atoms with Crippen LogP contribution in [-0.4, -0.2) is 25.2 Å². The topological polar surface area (TPSA) is 38.3 Å². The number of ether oxygens (including phenoxy) is 1. The first kappa shape index (κ1) is 12.4. The molecule has 1 atom stereocenters. The molecule has 0 bridgehead atoms. The molecule has 0 fully saturated rings. The predicted octanol–water partition coefficient (Wildman–Crippen LogP) is 1.72. The third-order valence-electron chi connectivity index (χ3n) is 1.90. The van der Waals surface area contributed by atoms with Gasteiger partial charge >= 0.3 is 5.97 Å². The molecule has 3 heteroatoms. The van der Waals surface area contributed by atoms with Gasteiger partial charge in [-0.2, -0.15) is 0 Å². The molecule has 0 saturated heterocycles. The summed E-state index contributed by atoms with van der Waals surface area (Å²) < 4.78 is 4.93. The number of carbonyl (C=O) groups excluding carboxylic acids is 1. The molecule has 1 N–H and O–H groups in total. The van der Waals surface area contributed by atoms with Crippen LogP contribution in [0.5, 0.6) is 0 Å². The molecule has 0 spiro atoms. The van der Waals surface area contributed by atoms with Gasteiger partial charge in [0.05, 0.1) is 13.0 Å². The number of esters is 1. The molecule has 0 amide bonds. The summed E-state index contributed by atoms with van der Waals surface area (Å²) in [5.41, 5.74) is 0. The van der Waals surface area contributed by atoms with Gasteiger partial charge < -0.3 is 10.1 Å². The van der Waals surface area contributed by atoms with E-state index in [1.54, 1.807) is 0 Å². The highest BCUT2D eigenvalue weighted by Gasteiger charge is 2.02. The van der Waals surface area contributed by atoms with Crippen molar-refractivity contribution in [2.45, 2.75) is 46.1 Å². The fourth-order valence-electron chi connectivity index (χ4n) is 0.853. The van der Waals surface area contributed by atoms with Crippen molar-refractivity contribution in [3.8, 4) is 0 Å². The summed E-state index contributed by atoms with van der Waals surface area (Å²) in [4.78, 5) is 11.0. The highest BCUT2D eigenvalue weighted by atomic mass is 16.5. The van der Waals surface area contributed by atoms with E-state index in [0.29, 0.717) is 19.1 Å². The third kappa shape index (κ3) is 7.78. The van der Waals surface area contributed by atoms with E-state index in [1.807, 2.05) is 6.92 Å². The van der Waals surface area contributed by atoms with Gasteiger partial charge in [-0.15, -0.1) is 0 Å². The molecule has 3 nitrogen and oxygen atoms in total. The van der Waals surface area contributed by atoms with Gasteiger partial charge in [-0.25, -0.2) is 0 Å². The molecule has 0 aromatic carbocycles. The van der Waals surface area contributed by atoms with Gasteiger partial charge in [0.25, 0.3) is 0 Å². The van der Waals surface area contributed by atoms with Crippen LogP contribution >= 0.6 is 0 Å². The van der Waals surface area contributed by atoms with Gasteiger partial charge in [0.2, 0.25) is 0 Å². The Morgan fingerprint density at radius 2 is 2.15 bits per heavy atom. The zero-order valence-electron chi connectivity index (χ0n) is 8.93. The minimum absolute atomic E-state index is 0.0994. The minimum Gasteiger partial charge on any atom is -0.466 e. The van der Waals surface area contributed by atoms with Crippen molar-refractivity contribution in [1.29, 1.82) is 0 Å². The number of hydrogen-bond donors (Lipinski definition) is 1. The van der Waals surface area contributed by atoms with Crippen LogP contribution in [0.1, 0.15) is 40.0 Å². The Kier molecular flexibility index (Phi) is 7.69. The standard InChI is InChI=1S/C10H21NO2/c1-4-8-13-10(12)6-7-11-9(3)5-2/h9,11H,4-8H2,1-3H3/t9-/m1/s1. The second-order valence-electron chi connectivity index (χ2n) is 3.23. The van der Waals surface area contributed by atoms with Crippen LogP contribution in [0.3, 0.4) is 0 Å². The second kappa shape index (κ2) is 8.05. The maximum Gasteiger partial charge on any atom is 0.307 e. The molecular formula is C10H21NO2. The van der Waals surface area contributed by atoms with E-state index in [0.717, 1.165) is 19.4 Å². The van der Waals surface area contributed by atoms with Crippen LogP contribution < -0.4 is 5.32 Å². The Morgan fingerprint density at radius 3 is 2.69 bits per heavy atom. The van der Waals surface area contributed by atoms with E-state index in [1.165, 1.54) is 0 Å². The minimum atomic E-state index is -0.0994. The predicted molar refractivity (Wildman–Crippen MR) is 53.6 cm³/mol. The fourth-order valence-corrected chi connectivity index (χ4v) is 0.853. The van der Waals surface area contributed by atoms with Crippen LogP contribution in [0, 0.1) is 0 Å². The summed E-state index contributed by atoms with van der Waals surface area (Å²) in [6, 6.07) is 0.485. The molecule has 0 rings (SSSR count). The molecule has 0 radical (unpaired) electrons. The first-order chi connectivity index (χ1) is 6.20. The van der Waals surface area contributed by atoms with Crippen LogP contribution in [0.4, 0.5) is 0 Å². The Morgan fingerprint density at radius 1 is 1.46 bits per heavy atom. The van der Waals surface area contributed by atoms with Crippen molar-refractivity contribution >= 4 is 5.97 Å². The Hall–Kier alpha value is -0.570. The Bertz CT molecular complexity index is 137. The summed E-state index contributed by atoms with van der Waals surface area (Å²) in [5.74, 6) is -0.0994. The summed E-state index contributed by atoms with van der Waals surface area (Å²) in [7, 11) is 0. The lowest BCUT2D eigenvalue weighted by Gasteiger charge is -2.10. The van der Waals surface area contributed by atoms with E-state index in [9.17, 15) is 4.79 Å². The number of carbonyl (C=O) groups is 1.